The molecule has 1 aliphatic heterocycles. The Morgan fingerprint density at radius 1 is 1.54 bits per heavy atom. The summed E-state index contributed by atoms with van der Waals surface area (Å²) in [5.41, 5.74) is 1.13. The van der Waals surface area contributed by atoms with Crippen molar-refractivity contribution in [2.75, 3.05) is 25.5 Å². The molecule has 2 rings (SSSR count). The fourth-order valence-electron chi connectivity index (χ4n) is 1.78. The number of aromatic nitrogens is 2. The van der Waals surface area contributed by atoms with E-state index in [2.05, 4.69) is 22.4 Å². The van der Waals surface area contributed by atoms with Gasteiger partial charge in [0.15, 0.2) is 0 Å². The molecule has 1 atom stereocenters. The first kappa shape index (κ1) is 8.56. The van der Waals surface area contributed by atoms with Crippen LogP contribution in [0.1, 0.15) is 6.42 Å². The van der Waals surface area contributed by atoms with Gasteiger partial charge in [-0.25, -0.2) is 0 Å². The number of anilines is 1. The SMILES string of the molecule is CN1CCC(Nc2cnn(C)c2)C1. The van der Waals surface area contributed by atoms with Gasteiger partial charge in [0, 0.05) is 25.8 Å². The van der Waals surface area contributed by atoms with Crippen molar-refractivity contribution >= 4 is 5.69 Å². The molecule has 0 radical (unpaired) electrons. The van der Waals surface area contributed by atoms with Gasteiger partial charge in [-0.1, -0.05) is 0 Å². The monoisotopic (exact) mass is 180 g/mol. The summed E-state index contributed by atoms with van der Waals surface area (Å²) in [5.74, 6) is 0. The third kappa shape index (κ3) is 2.01. The smallest absolute Gasteiger partial charge is 0.0728 e. The first-order valence-electron chi connectivity index (χ1n) is 4.68. The van der Waals surface area contributed by atoms with Gasteiger partial charge in [-0.15, -0.1) is 0 Å². The number of nitrogens with one attached hydrogen (secondary N) is 1. The summed E-state index contributed by atoms with van der Waals surface area (Å²) in [5, 5.41) is 7.59. The predicted octanol–water partition coefficient (Wildman–Crippen LogP) is 0.536. The van der Waals surface area contributed by atoms with Crippen molar-refractivity contribution in [3.05, 3.63) is 12.4 Å². The molecular formula is C9H16N4. The second-order valence-electron chi connectivity index (χ2n) is 3.79. The lowest BCUT2D eigenvalue weighted by Crippen LogP contribution is -2.23. The Labute approximate surface area is 78.5 Å². The Morgan fingerprint density at radius 2 is 2.38 bits per heavy atom. The van der Waals surface area contributed by atoms with Crippen molar-refractivity contribution in [2.24, 2.45) is 7.05 Å². The van der Waals surface area contributed by atoms with Crippen molar-refractivity contribution in [1.82, 2.24) is 14.7 Å². The van der Waals surface area contributed by atoms with Crippen LogP contribution in [0.2, 0.25) is 0 Å². The first-order valence-corrected chi connectivity index (χ1v) is 4.68. The number of nitrogens with zero attached hydrogens (tertiary/aromatic N) is 3. The van der Waals surface area contributed by atoms with Crippen molar-refractivity contribution in [3.8, 4) is 0 Å². The molecule has 4 nitrogen and oxygen atoms in total. The molecule has 0 bridgehead atoms. The molecule has 1 fully saturated rings. The van der Waals surface area contributed by atoms with Gasteiger partial charge in [-0.2, -0.15) is 5.10 Å². The highest BCUT2D eigenvalue weighted by atomic mass is 15.3. The van der Waals surface area contributed by atoms with Crippen molar-refractivity contribution in [3.63, 3.8) is 0 Å². The fraction of sp³-hybridized carbons (Fsp3) is 0.667. The summed E-state index contributed by atoms with van der Waals surface area (Å²) < 4.78 is 1.82. The van der Waals surface area contributed by atoms with E-state index in [-0.39, 0.29) is 0 Å². The molecule has 1 aromatic heterocycles. The quantitative estimate of drug-likeness (QED) is 0.721. The molecule has 1 N–H and O–H groups in total. The van der Waals surface area contributed by atoms with Crippen LogP contribution >= 0.6 is 0 Å². The summed E-state index contributed by atoms with van der Waals surface area (Å²) in [6, 6.07) is 0.592. The average molecular weight is 180 g/mol. The van der Waals surface area contributed by atoms with Gasteiger partial charge in [0.2, 0.25) is 0 Å². The van der Waals surface area contributed by atoms with Crippen LogP contribution in [0.25, 0.3) is 0 Å². The maximum atomic E-state index is 4.12. The van der Waals surface area contributed by atoms with Crippen LogP contribution in [0.5, 0.6) is 0 Å². The molecule has 1 unspecified atom stereocenters. The Morgan fingerprint density at radius 3 is 2.92 bits per heavy atom. The molecule has 0 aliphatic carbocycles. The van der Waals surface area contributed by atoms with Gasteiger partial charge >= 0.3 is 0 Å². The Kier molecular flexibility index (Phi) is 2.22. The lowest BCUT2D eigenvalue weighted by atomic mass is 10.2. The maximum Gasteiger partial charge on any atom is 0.0728 e. The maximum absolute atomic E-state index is 4.12. The van der Waals surface area contributed by atoms with Crippen LogP contribution in [-0.4, -0.2) is 40.9 Å². The average Bonchev–Trinajstić information content (AvgIpc) is 2.62. The van der Waals surface area contributed by atoms with E-state index in [1.54, 1.807) is 0 Å². The molecule has 1 saturated heterocycles. The van der Waals surface area contributed by atoms with Crippen LogP contribution in [0.3, 0.4) is 0 Å². The van der Waals surface area contributed by atoms with Crippen LogP contribution in [0, 0.1) is 0 Å². The number of rotatable bonds is 2. The van der Waals surface area contributed by atoms with E-state index in [4.69, 9.17) is 0 Å². The van der Waals surface area contributed by atoms with Gasteiger partial charge in [-0.05, 0) is 20.0 Å². The van der Waals surface area contributed by atoms with E-state index in [9.17, 15) is 0 Å². The third-order valence-corrected chi connectivity index (χ3v) is 2.47. The zero-order valence-electron chi connectivity index (χ0n) is 8.20. The van der Waals surface area contributed by atoms with E-state index < -0.39 is 0 Å². The summed E-state index contributed by atoms with van der Waals surface area (Å²) in [6.07, 6.45) is 5.11. The number of aryl methyl sites for hydroxylation is 1. The molecule has 72 valence electrons. The van der Waals surface area contributed by atoms with Crippen LogP contribution in [0.4, 0.5) is 5.69 Å². The normalized spacial score (nSPS) is 23.7. The molecule has 13 heavy (non-hydrogen) atoms. The second kappa shape index (κ2) is 3.38. The van der Waals surface area contributed by atoms with Gasteiger partial charge < -0.3 is 10.2 Å². The van der Waals surface area contributed by atoms with Gasteiger partial charge in [0.05, 0.1) is 11.9 Å². The van der Waals surface area contributed by atoms with Crippen LogP contribution < -0.4 is 5.32 Å². The number of likely N-dealkylation sites (tertiary alicyclic amines) is 1. The van der Waals surface area contributed by atoms with Crippen molar-refractivity contribution < 1.29 is 0 Å². The molecule has 1 aliphatic rings. The van der Waals surface area contributed by atoms with E-state index in [0.717, 1.165) is 12.2 Å². The zero-order valence-corrected chi connectivity index (χ0v) is 8.20. The molecule has 0 aromatic carbocycles. The largest absolute Gasteiger partial charge is 0.378 e. The molecular weight excluding hydrogens is 164 g/mol. The van der Waals surface area contributed by atoms with E-state index in [1.807, 2.05) is 24.1 Å². The van der Waals surface area contributed by atoms with Gasteiger partial charge in [-0.3, -0.25) is 4.68 Å². The fourth-order valence-corrected chi connectivity index (χ4v) is 1.78. The number of hydrogen-bond acceptors (Lipinski definition) is 3. The summed E-state index contributed by atoms with van der Waals surface area (Å²) in [4.78, 5) is 2.34. The topological polar surface area (TPSA) is 33.1 Å². The highest BCUT2D eigenvalue weighted by Gasteiger charge is 2.18. The van der Waals surface area contributed by atoms with Gasteiger partial charge in [0.25, 0.3) is 0 Å². The zero-order chi connectivity index (χ0) is 9.26. The second-order valence-corrected chi connectivity index (χ2v) is 3.79. The molecule has 2 heterocycles. The van der Waals surface area contributed by atoms with Crippen LogP contribution in [-0.2, 0) is 7.05 Å². The minimum absolute atomic E-state index is 0.592. The number of likely N-dealkylation sites (N-methyl/N-ethyl adjacent to an activating group) is 1. The molecule has 0 amide bonds. The van der Waals surface area contributed by atoms with Crippen molar-refractivity contribution in [2.45, 2.75) is 12.5 Å². The summed E-state index contributed by atoms with van der Waals surface area (Å²) in [7, 11) is 4.09. The molecule has 1 aromatic rings. The standard InChI is InChI=1S/C9H16N4/c1-12-4-3-8(6-12)11-9-5-10-13(2)7-9/h5,7-8,11H,3-4,6H2,1-2H3. The predicted molar refractivity (Wildman–Crippen MR) is 52.7 cm³/mol. The van der Waals surface area contributed by atoms with E-state index in [1.165, 1.54) is 13.0 Å². The van der Waals surface area contributed by atoms with E-state index >= 15 is 0 Å². The number of hydrogen-bond donors (Lipinski definition) is 1. The van der Waals surface area contributed by atoms with Gasteiger partial charge in [0.1, 0.15) is 0 Å². The Bertz CT molecular complexity index is 281. The molecule has 4 heteroatoms. The van der Waals surface area contributed by atoms with Crippen molar-refractivity contribution in [1.29, 1.82) is 0 Å². The first-order chi connectivity index (χ1) is 6.24. The van der Waals surface area contributed by atoms with E-state index in [0.29, 0.717) is 6.04 Å². The lowest BCUT2D eigenvalue weighted by molar-refractivity contribution is 0.414. The Balaban J connectivity index is 1.91. The third-order valence-electron chi connectivity index (χ3n) is 2.47. The minimum Gasteiger partial charge on any atom is -0.378 e. The summed E-state index contributed by atoms with van der Waals surface area (Å²) in [6.45, 7) is 2.33. The molecule has 0 saturated carbocycles. The summed E-state index contributed by atoms with van der Waals surface area (Å²) >= 11 is 0. The lowest BCUT2D eigenvalue weighted by Gasteiger charge is -2.11. The highest BCUT2D eigenvalue weighted by molar-refractivity contribution is 5.39. The highest BCUT2D eigenvalue weighted by Crippen LogP contribution is 2.13. The molecule has 0 spiro atoms. The minimum atomic E-state index is 0.592. The van der Waals surface area contributed by atoms with Crippen LogP contribution in [0.15, 0.2) is 12.4 Å². The Hall–Kier alpha value is -1.03.